The van der Waals surface area contributed by atoms with Gasteiger partial charge in [0.2, 0.25) is 5.57 Å². The van der Waals surface area contributed by atoms with Crippen LogP contribution in [0.25, 0.3) is 0 Å². The topological polar surface area (TPSA) is 95.7 Å². The lowest BCUT2D eigenvalue weighted by Gasteiger charge is -2.05. The smallest absolute Gasteiger partial charge is 0.352 e. The molecule has 0 saturated heterocycles. The summed E-state index contributed by atoms with van der Waals surface area (Å²) in [6.45, 7) is 4.15. The Kier molecular flexibility index (Phi) is 5.76. The van der Waals surface area contributed by atoms with E-state index >= 15 is 0 Å². The Labute approximate surface area is 92.2 Å². The first-order valence-electron chi connectivity index (χ1n) is 4.65. The molecule has 0 N–H and O–H groups in total. The Hall–Kier alpha value is -1.92. The molecule has 0 amide bonds. The number of hydrogen-bond donors (Lipinski definition) is 0. The van der Waals surface area contributed by atoms with Crippen molar-refractivity contribution in [3.05, 3.63) is 21.4 Å². The lowest BCUT2D eigenvalue weighted by molar-refractivity contribution is -0.425. The van der Waals surface area contributed by atoms with Crippen LogP contribution in [0.3, 0.4) is 0 Å². The van der Waals surface area contributed by atoms with Gasteiger partial charge in [-0.2, -0.15) is 0 Å². The molecule has 0 atom stereocenters. The van der Waals surface area contributed by atoms with E-state index in [0.29, 0.717) is 0 Å². The van der Waals surface area contributed by atoms with Crippen LogP contribution in [0.1, 0.15) is 20.8 Å². The van der Waals surface area contributed by atoms with E-state index in [1.54, 1.807) is 0 Å². The molecule has 7 heteroatoms. The molecule has 90 valence electrons. The van der Waals surface area contributed by atoms with Crippen LogP contribution in [0.5, 0.6) is 0 Å². The molecule has 16 heavy (non-hydrogen) atoms. The van der Waals surface area contributed by atoms with Crippen LogP contribution >= 0.6 is 0 Å². The van der Waals surface area contributed by atoms with E-state index in [-0.39, 0.29) is 13.2 Å². The summed E-state index contributed by atoms with van der Waals surface area (Å²) in [5.41, 5.74) is -1.26. The second-order valence-corrected chi connectivity index (χ2v) is 2.66. The second-order valence-electron chi connectivity index (χ2n) is 2.66. The van der Waals surface area contributed by atoms with Crippen LogP contribution in [0, 0.1) is 10.1 Å². The summed E-state index contributed by atoms with van der Waals surface area (Å²) in [5, 5.41) is 10.5. The number of ether oxygens (including phenoxy) is 2. The first kappa shape index (κ1) is 14.1. The van der Waals surface area contributed by atoms with Gasteiger partial charge in [0, 0.05) is 6.92 Å². The van der Waals surface area contributed by atoms with Gasteiger partial charge >= 0.3 is 11.9 Å². The van der Waals surface area contributed by atoms with Crippen molar-refractivity contribution in [2.75, 3.05) is 13.2 Å². The molecule has 0 unspecified atom stereocenters. The van der Waals surface area contributed by atoms with Crippen molar-refractivity contribution in [1.82, 2.24) is 0 Å². The van der Waals surface area contributed by atoms with Crippen molar-refractivity contribution in [2.45, 2.75) is 20.8 Å². The molecule has 0 aliphatic heterocycles. The molecular formula is C9H13NO6. The van der Waals surface area contributed by atoms with Crippen LogP contribution in [0.2, 0.25) is 0 Å². The fraction of sp³-hybridized carbons (Fsp3) is 0.556. The van der Waals surface area contributed by atoms with E-state index in [2.05, 4.69) is 9.47 Å². The van der Waals surface area contributed by atoms with Gasteiger partial charge in [-0.25, -0.2) is 9.59 Å². The number of allylic oxidation sites excluding steroid dienone is 1. The Morgan fingerprint density at radius 3 is 1.75 bits per heavy atom. The lowest BCUT2D eigenvalue weighted by Crippen LogP contribution is -2.22. The predicted octanol–water partition coefficient (Wildman–Crippen LogP) is 0.663. The van der Waals surface area contributed by atoms with Gasteiger partial charge in [0.15, 0.2) is 0 Å². The monoisotopic (exact) mass is 231 g/mol. The third-order valence-corrected chi connectivity index (χ3v) is 1.59. The zero-order chi connectivity index (χ0) is 12.7. The molecule has 0 spiro atoms. The summed E-state index contributed by atoms with van der Waals surface area (Å²) in [6.07, 6.45) is 0. The molecule has 0 aliphatic rings. The number of rotatable bonds is 5. The van der Waals surface area contributed by atoms with E-state index < -0.39 is 28.1 Å². The van der Waals surface area contributed by atoms with Gasteiger partial charge in [-0.15, -0.1) is 0 Å². The lowest BCUT2D eigenvalue weighted by atomic mass is 10.2. The standard InChI is InChI=1S/C9H13NO6/c1-4-15-8(11)7(6(3)10(13)14)9(12)16-5-2/h4-5H2,1-3H3. The average Bonchev–Trinajstić information content (AvgIpc) is 2.18. The van der Waals surface area contributed by atoms with Gasteiger partial charge in [-0.1, -0.05) is 0 Å². The third-order valence-electron chi connectivity index (χ3n) is 1.59. The predicted molar refractivity (Wildman–Crippen MR) is 53.0 cm³/mol. The minimum Gasteiger partial charge on any atom is -0.462 e. The summed E-state index contributed by atoms with van der Waals surface area (Å²) in [7, 11) is 0. The first-order chi connectivity index (χ1) is 7.45. The van der Waals surface area contributed by atoms with Gasteiger partial charge in [0.1, 0.15) is 0 Å². The van der Waals surface area contributed by atoms with Crippen LogP contribution in [-0.4, -0.2) is 30.1 Å². The van der Waals surface area contributed by atoms with Crippen molar-refractivity contribution >= 4 is 11.9 Å². The normalized spacial score (nSPS) is 9.19. The molecule has 0 heterocycles. The van der Waals surface area contributed by atoms with Crippen molar-refractivity contribution in [3.63, 3.8) is 0 Å². The van der Waals surface area contributed by atoms with Crippen LogP contribution < -0.4 is 0 Å². The quantitative estimate of drug-likeness (QED) is 0.172. The molecule has 0 radical (unpaired) electrons. The maximum atomic E-state index is 11.3. The molecule has 0 aromatic carbocycles. The van der Waals surface area contributed by atoms with Crippen molar-refractivity contribution < 1.29 is 24.0 Å². The van der Waals surface area contributed by atoms with E-state index in [4.69, 9.17) is 0 Å². The second kappa shape index (κ2) is 6.54. The average molecular weight is 231 g/mol. The van der Waals surface area contributed by atoms with E-state index in [9.17, 15) is 19.7 Å². The van der Waals surface area contributed by atoms with Crippen molar-refractivity contribution in [1.29, 1.82) is 0 Å². The highest BCUT2D eigenvalue weighted by Crippen LogP contribution is 2.09. The maximum Gasteiger partial charge on any atom is 0.352 e. The first-order valence-corrected chi connectivity index (χ1v) is 4.65. The summed E-state index contributed by atoms with van der Waals surface area (Å²) in [5.74, 6) is -2.09. The summed E-state index contributed by atoms with van der Waals surface area (Å²) in [6, 6.07) is 0. The third kappa shape index (κ3) is 3.68. The summed E-state index contributed by atoms with van der Waals surface area (Å²) < 4.78 is 9.08. The molecule has 0 saturated carbocycles. The highest BCUT2D eigenvalue weighted by molar-refractivity contribution is 6.14. The fourth-order valence-corrected chi connectivity index (χ4v) is 0.877. The van der Waals surface area contributed by atoms with Gasteiger partial charge < -0.3 is 9.47 Å². The molecule has 0 aliphatic carbocycles. The SMILES string of the molecule is CCOC(=O)C(C(=O)OCC)=C(C)[N+](=O)[O-]. The van der Waals surface area contributed by atoms with E-state index in [1.165, 1.54) is 13.8 Å². The van der Waals surface area contributed by atoms with Gasteiger partial charge in [0.05, 0.1) is 18.1 Å². The Bertz CT molecular complexity index is 313. The molecule has 0 aromatic heterocycles. The Morgan fingerprint density at radius 1 is 1.12 bits per heavy atom. The zero-order valence-electron chi connectivity index (χ0n) is 9.31. The van der Waals surface area contributed by atoms with Gasteiger partial charge in [-0.3, -0.25) is 10.1 Å². The number of carbonyl (C=O) groups excluding carboxylic acids is 2. The molecule has 0 bridgehead atoms. The molecule has 7 nitrogen and oxygen atoms in total. The van der Waals surface area contributed by atoms with E-state index in [0.717, 1.165) is 6.92 Å². The Morgan fingerprint density at radius 2 is 1.50 bits per heavy atom. The Balaban J connectivity index is 5.21. The van der Waals surface area contributed by atoms with Crippen LogP contribution in [0.15, 0.2) is 11.3 Å². The zero-order valence-corrected chi connectivity index (χ0v) is 9.31. The largest absolute Gasteiger partial charge is 0.462 e. The van der Waals surface area contributed by atoms with Crippen LogP contribution in [-0.2, 0) is 19.1 Å². The highest BCUT2D eigenvalue weighted by Gasteiger charge is 2.30. The number of nitrogens with zero attached hydrogens (tertiary/aromatic N) is 1. The number of carbonyl (C=O) groups is 2. The van der Waals surface area contributed by atoms with Crippen molar-refractivity contribution in [2.24, 2.45) is 0 Å². The number of esters is 2. The van der Waals surface area contributed by atoms with Gasteiger partial charge in [-0.05, 0) is 13.8 Å². The fourth-order valence-electron chi connectivity index (χ4n) is 0.877. The molecule has 0 fully saturated rings. The molecular weight excluding hydrogens is 218 g/mol. The highest BCUT2D eigenvalue weighted by atomic mass is 16.6. The van der Waals surface area contributed by atoms with Crippen LogP contribution in [0.4, 0.5) is 0 Å². The van der Waals surface area contributed by atoms with Gasteiger partial charge in [0.25, 0.3) is 5.70 Å². The minimum atomic E-state index is -1.05. The van der Waals surface area contributed by atoms with E-state index in [1.807, 2.05) is 0 Å². The summed E-state index contributed by atoms with van der Waals surface area (Å²) in [4.78, 5) is 32.3. The number of hydrogen-bond acceptors (Lipinski definition) is 6. The number of nitro groups is 1. The maximum absolute atomic E-state index is 11.3. The molecule has 0 rings (SSSR count). The molecule has 0 aromatic rings. The minimum absolute atomic E-state index is 0.0206. The summed E-state index contributed by atoms with van der Waals surface area (Å²) >= 11 is 0. The van der Waals surface area contributed by atoms with Crippen molar-refractivity contribution in [3.8, 4) is 0 Å².